The lowest BCUT2D eigenvalue weighted by Crippen LogP contribution is -2.51. The van der Waals surface area contributed by atoms with Gasteiger partial charge < -0.3 is 9.64 Å². The Morgan fingerprint density at radius 2 is 1.93 bits per heavy atom. The van der Waals surface area contributed by atoms with Crippen molar-refractivity contribution in [2.45, 2.75) is 38.6 Å². The maximum atomic E-state index is 12.5. The molecule has 2 aliphatic heterocycles. The van der Waals surface area contributed by atoms with E-state index < -0.39 is 0 Å². The lowest BCUT2D eigenvalue weighted by molar-refractivity contribution is -0.139. The minimum Gasteiger partial charge on any atom is -0.497 e. The van der Waals surface area contributed by atoms with Crippen LogP contribution >= 0.6 is 0 Å². The summed E-state index contributed by atoms with van der Waals surface area (Å²) < 4.78 is 5.35. The highest BCUT2D eigenvalue weighted by Gasteiger charge is 2.40. The number of hydrogen-bond acceptors (Lipinski definition) is 4. The van der Waals surface area contributed by atoms with Crippen molar-refractivity contribution in [3.63, 3.8) is 0 Å². The van der Waals surface area contributed by atoms with Gasteiger partial charge >= 0.3 is 0 Å². The Hall–Kier alpha value is -2.40. The van der Waals surface area contributed by atoms with Crippen LogP contribution in [0.3, 0.4) is 0 Å². The first-order valence-electron chi connectivity index (χ1n) is 10.7. The smallest absolute Gasteiger partial charge is 0.222 e. The molecule has 2 aromatic rings. The molecule has 1 aromatic heterocycles. The lowest BCUT2D eigenvalue weighted by atomic mass is 9.72. The van der Waals surface area contributed by atoms with Crippen LogP contribution in [0.25, 0.3) is 0 Å². The van der Waals surface area contributed by atoms with Crippen molar-refractivity contribution in [1.82, 2.24) is 14.8 Å². The predicted octanol–water partition coefficient (Wildman–Crippen LogP) is 3.54. The van der Waals surface area contributed by atoms with E-state index in [-0.39, 0.29) is 0 Å². The van der Waals surface area contributed by atoms with E-state index in [1.165, 1.54) is 24.0 Å². The second kappa shape index (κ2) is 8.95. The Kier molecular flexibility index (Phi) is 6.14. The molecule has 154 valence electrons. The van der Waals surface area contributed by atoms with Crippen LogP contribution in [-0.4, -0.2) is 54.0 Å². The number of nitrogens with zero attached hydrogens (tertiary/aromatic N) is 3. The zero-order valence-corrected chi connectivity index (χ0v) is 17.3. The van der Waals surface area contributed by atoms with Crippen molar-refractivity contribution in [2.24, 2.45) is 5.41 Å². The molecule has 0 unspecified atom stereocenters. The normalized spacial score (nSPS) is 19.5. The number of likely N-dealkylation sites (tertiary alicyclic amines) is 2. The number of amides is 1. The molecule has 5 heteroatoms. The molecule has 0 N–H and O–H groups in total. The van der Waals surface area contributed by atoms with Gasteiger partial charge in [-0.15, -0.1) is 0 Å². The third-order valence-corrected chi connectivity index (χ3v) is 6.60. The van der Waals surface area contributed by atoms with Gasteiger partial charge in [-0.2, -0.15) is 0 Å². The van der Waals surface area contributed by atoms with Gasteiger partial charge in [-0.1, -0.05) is 18.2 Å². The van der Waals surface area contributed by atoms with Gasteiger partial charge in [-0.05, 0) is 73.5 Å². The van der Waals surface area contributed by atoms with E-state index in [9.17, 15) is 4.79 Å². The van der Waals surface area contributed by atoms with Crippen molar-refractivity contribution < 1.29 is 9.53 Å². The van der Waals surface area contributed by atoms with Gasteiger partial charge in [0.2, 0.25) is 5.91 Å². The fourth-order valence-electron chi connectivity index (χ4n) is 4.74. The Labute approximate surface area is 173 Å². The summed E-state index contributed by atoms with van der Waals surface area (Å²) in [4.78, 5) is 21.3. The van der Waals surface area contributed by atoms with Crippen molar-refractivity contribution in [3.8, 4) is 5.75 Å². The fraction of sp³-hybridized carbons (Fsp3) is 0.500. The molecule has 1 amide bonds. The molecule has 2 saturated heterocycles. The molecule has 29 heavy (non-hydrogen) atoms. The number of carbonyl (C=O) groups excluding carboxylic acids is 1. The summed E-state index contributed by atoms with van der Waals surface area (Å²) in [6.45, 7) is 4.89. The highest BCUT2D eigenvalue weighted by atomic mass is 16.5. The standard InChI is InChI=1S/C24H31N3O2/c1-29-22-6-2-4-21(16-22)18-26-14-10-24(11-15-26)9-7-23(28)27(19-24)13-8-20-5-3-12-25-17-20/h2-6,12,16-17H,7-11,13-15,18-19H2,1H3. The number of piperidine rings is 2. The van der Waals surface area contributed by atoms with Crippen LogP contribution in [0.1, 0.15) is 36.8 Å². The van der Waals surface area contributed by atoms with Gasteiger partial charge in [-0.25, -0.2) is 0 Å². The quantitative estimate of drug-likeness (QED) is 0.753. The van der Waals surface area contributed by atoms with Crippen LogP contribution in [0.5, 0.6) is 5.75 Å². The average Bonchev–Trinajstić information content (AvgIpc) is 2.77. The molecule has 2 fully saturated rings. The van der Waals surface area contributed by atoms with Crippen LogP contribution < -0.4 is 4.74 Å². The third-order valence-electron chi connectivity index (χ3n) is 6.60. The summed E-state index contributed by atoms with van der Waals surface area (Å²) in [5, 5.41) is 0. The second-order valence-corrected chi connectivity index (χ2v) is 8.55. The number of rotatable bonds is 6. The van der Waals surface area contributed by atoms with Gasteiger partial charge in [-0.3, -0.25) is 14.7 Å². The van der Waals surface area contributed by atoms with Crippen LogP contribution in [-0.2, 0) is 17.8 Å². The van der Waals surface area contributed by atoms with E-state index in [0.717, 1.165) is 51.3 Å². The van der Waals surface area contributed by atoms with E-state index in [4.69, 9.17) is 4.74 Å². The summed E-state index contributed by atoms with van der Waals surface area (Å²) in [7, 11) is 1.72. The summed E-state index contributed by atoms with van der Waals surface area (Å²) >= 11 is 0. The van der Waals surface area contributed by atoms with Gasteiger partial charge in [0.25, 0.3) is 0 Å². The summed E-state index contributed by atoms with van der Waals surface area (Å²) in [6.07, 6.45) is 8.68. The molecule has 1 aromatic carbocycles. The Bertz CT molecular complexity index is 816. The molecule has 3 heterocycles. The largest absolute Gasteiger partial charge is 0.497 e. The molecule has 0 bridgehead atoms. The van der Waals surface area contributed by atoms with E-state index >= 15 is 0 Å². The molecular formula is C24H31N3O2. The highest BCUT2D eigenvalue weighted by molar-refractivity contribution is 5.77. The average molecular weight is 394 g/mol. The molecular weight excluding hydrogens is 362 g/mol. The van der Waals surface area contributed by atoms with Gasteiger partial charge in [0, 0.05) is 38.4 Å². The van der Waals surface area contributed by atoms with Crippen LogP contribution in [0, 0.1) is 5.41 Å². The summed E-state index contributed by atoms with van der Waals surface area (Å²) in [6, 6.07) is 12.4. The number of aromatic nitrogens is 1. The first-order valence-corrected chi connectivity index (χ1v) is 10.7. The lowest BCUT2D eigenvalue weighted by Gasteiger charge is -2.47. The monoisotopic (exact) mass is 393 g/mol. The Balaban J connectivity index is 1.31. The van der Waals surface area contributed by atoms with Crippen molar-refractivity contribution in [2.75, 3.05) is 33.3 Å². The first-order chi connectivity index (χ1) is 14.2. The topological polar surface area (TPSA) is 45.7 Å². The minimum absolute atomic E-state index is 0.299. The number of ether oxygens (including phenoxy) is 1. The Morgan fingerprint density at radius 3 is 2.69 bits per heavy atom. The zero-order valence-electron chi connectivity index (χ0n) is 17.3. The summed E-state index contributed by atoms with van der Waals surface area (Å²) in [5.41, 5.74) is 2.80. The van der Waals surface area contributed by atoms with Crippen LogP contribution in [0.4, 0.5) is 0 Å². The molecule has 1 spiro atoms. The zero-order chi connectivity index (χ0) is 20.1. The molecule has 5 nitrogen and oxygen atoms in total. The van der Waals surface area contributed by atoms with Gasteiger partial charge in [0.05, 0.1) is 7.11 Å². The van der Waals surface area contributed by atoms with Crippen molar-refractivity contribution in [3.05, 3.63) is 59.9 Å². The number of benzene rings is 1. The number of pyridine rings is 1. The first kappa shape index (κ1) is 19.9. The molecule has 4 rings (SSSR count). The van der Waals surface area contributed by atoms with Crippen molar-refractivity contribution in [1.29, 1.82) is 0 Å². The van der Waals surface area contributed by atoms with Crippen molar-refractivity contribution >= 4 is 5.91 Å². The molecule has 0 saturated carbocycles. The number of hydrogen-bond donors (Lipinski definition) is 0. The maximum Gasteiger partial charge on any atom is 0.222 e. The number of carbonyl (C=O) groups is 1. The minimum atomic E-state index is 0.299. The van der Waals surface area contributed by atoms with Gasteiger partial charge in [0.15, 0.2) is 0 Å². The second-order valence-electron chi connectivity index (χ2n) is 8.55. The summed E-state index contributed by atoms with van der Waals surface area (Å²) in [5.74, 6) is 1.24. The van der Waals surface area contributed by atoms with E-state index in [2.05, 4.69) is 39.0 Å². The third kappa shape index (κ3) is 4.96. The van der Waals surface area contributed by atoms with E-state index in [1.54, 1.807) is 13.3 Å². The van der Waals surface area contributed by atoms with Crippen LogP contribution in [0.15, 0.2) is 48.8 Å². The fourth-order valence-corrected chi connectivity index (χ4v) is 4.74. The molecule has 0 radical (unpaired) electrons. The van der Waals surface area contributed by atoms with Crippen LogP contribution in [0.2, 0.25) is 0 Å². The molecule has 0 aliphatic carbocycles. The Morgan fingerprint density at radius 1 is 1.10 bits per heavy atom. The number of methoxy groups -OCH3 is 1. The van der Waals surface area contributed by atoms with E-state index in [1.807, 2.05) is 18.3 Å². The predicted molar refractivity (Wildman–Crippen MR) is 114 cm³/mol. The molecule has 2 aliphatic rings. The van der Waals surface area contributed by atoms with E-state index in [0.29, 0.717) is 17.7 Å². The molecule has 0 atom stereocenters. The maximum absolute atomic E-state index is 12.5. The van der Waals surface area contributed by atoms with Gasteiger partial charge in [0.1, 0.15) is 5.75 Å². The SMILES string of the molecule is COc1cccc(CN2CCC3(CCC(=O)N(CCc4cccnc4)C3)CC2)c1. The highest BCUT2D eigenvalue weighted by Crippen LogP contribution is 2.40.